The molecule has 1 heterocycles. The summed E-state index contributed by atoms with van der Waals surface area (Å²) in [6.07, 6.45) is 0. The van der Waals surface area contributed by atoms with Crippen molar-refractivity contribution >= 4 is 33.3 Å². The van der Waals surface area contributed by atoms with Gasteiger partial charge in [-0.2, -0.15) is 0 Å². The number of benzene rings is 1. The molecule has 0 bridgehead atoms. The largest absolute Gasteiger partial charge is 0.495 e. The third kappa shape index (κ3) is 4.30. The van der Waals surface area contributed by atoms with E-state index in [2.05, 4.69) is 31.2 Å². The summed E-state index contributed by atoms with van der Waals surface area (Å²) in [5.41, 5.74) is 6.58. The predicted octanol–water partition coefficient (Wildman–Crippen LogP) is 3.11. The van der Waals surface area contributed by atoms with Crippen molar-refractivity contribution in [3.05, 3.63) is 34.6 Å². The van der Waals surface area contributed by atoms with Crippen LogP contribution in [-0.4, -0.2) is 23.7 Å². The number of halogens is 1. The van der Waals surface area contributed by atoms with Crippen LogP contribution < -0.4 is 15.8 Å². The quantitative estimate of drug-likeness (QED) is 0.830. The van der Waals surface area contributed by atoms with Crippen molar-refractivity contribution in [2.75, 3.05) is 24.8 Å². The number of aromatic nitrogens is 2. The van der Waals surface area contributed by atoms with Crippen LogP contribution in [0.5, 0.6) is 5.75 Å². The molecule has 3 N–H and O–H groups in total. The fraction of sp³-hybridized carbons (Fsp3) is 0.286. The van der Waals surface area contributed by atoms with Gasteiger partial charge in [0.2, 0.25) is 0 Å². The molecular weight excluding hydrogens is 336 g/mol. The van der Waals surface area contributed by atoms with Crippen molar-refractivity contribution in [3.63, 3.8) is 0 Å². The van der Waals surface area contributed by atoms with Crippen LogP contribution in [0.1, 0.15) is 12.7 Å². The first kappa shape index (κ1) is 15.5. The average Bonchev–Trinajstić information content (AvgIpc) is 2.45. The average molecular weight is 353 g/mol. The molecule has 1 aromatic heterocycles. The molecule has 0 amide bonds. The molecule has 0 saturated heterocycles. The Morgan fingerprint density at radius 3 is 2.81 bits per heavy atom. The molecule has 0 spiro atoms. The smallest absolute Gasteiger partial charge is 0.158 e. The number of ether oxygens (including phenoxy) is 2. The lowest BCUT2D eigenvalue weighted by Gasteiger charge is -2.12. The second-order valence-corrected chi connectivity index (χ2v) is 5.12. The lowest BCUT2D eigenvalue weighted by atomic mass is 10.3. The number of rotatable bonds is 6. The summed E-state index contributed by atoms with van der Waals surface area (Å²) in [5, 5.41) is 3.18. The highest BCUT2D eigenvalue weighted by Gasteiger charge is 2.07. The van der Waals surface area contributed by atoms with Crippen LogP contribution in [0, 0.1) is 0 Å². The molecule has 2 aromatic rings. The molecule has 21 heavy (non-hydrogen) atoms. The maximum Gasteiger partial charge on any atom is 0.158 e. The van der Waals surface area contributed by atoms with Crippen LogP contribution in [-0.2, 0) is 11.3 Å². The highest BCUT2D eigenvalue weighted by molar-refractivity contribution is 9.10. The zero-order valence-corrected chi connectivity index (χ0v) is 13.5. The molecule has 112 valence electrons. The van der Waals surface area contributed by atoms with Crippen molar-refractivity contribution in [2.45, 2.75) is 13.5 Å². The minimum Gasteiger partial charge on any atom is -0.495 e. The van der Waals surface area contributed by atoms with Crippen molar-refractivity contribution in [1.29, 1.82) is 0 Å². The third-order valence-corrected chi connectivity index (χ3v) is 3.15. The summed E-state index contributed by atoms with van der Waals surface area (Å²) >= 11 is 3.43. The van der Waals surface area contributed by atoms with Crippen molar-refractivity contribution in [1.82, 2.24) is 9.97 Å². The summed E-state index contributed by atoms with van der Waals surface area (Å²) in [5.74, 6) is 2.22. The van der Waals surface area contributed by atoms with Gasteiger partial charge >= 0.3 is 0 Å². The topological polar surface area (TPSA) is 82.3 Å². The standard InChI is InChI=1S/C14H17BrN4O2/c1-3-21-8-14-18-12(16)7-13(19-14)17-10-6-9(15)4-5-11(10)20-2/h4-7H,3,8H2,1-2H3,(H3,16,17,18,19). The number of methoxy groups -OCH3 is 1. The first-order chi connectivity index (χ1) is 10.1. The number of nitrogens with two attached hydrogens (primary N) is 1. The Bertz CT molecular complexity index is 622. The fourth-order valence-electron chi connectivity index (χ4n) is 1.76. The van der Waals surface area contributed by atoms with Crippen LogP contribution in [0.15, 0.2) is 28.7 Å². The highest BCUT2D eigenvalue weighted by Crippen LogP contribution is 2.30. The maximum absolute atomic E-state index is 5.80. The molecule has 0 aliphatic heterocycles. The molecular formula is C14H17BrN4O2. The number of nitrogens with one attached hydrogen (secondary N) is 1. The molecule has 0 unspecified atom stereocenters. The molecule has 0 radical (unpaired) electrons. The van der Waals surface area contributed by atoms with Gasteiger partial charge in [-0.1, -0.05) is 15.9 Å². The monoisotopic (exact) mass is 352 g/mol. The summed E-state index contributed by atoms with van der Waals surface area (Å²) in [4.78, 5) is 8.51. The second-order valence-electron chi connectivity index (χ2n) is 4.20. The molecule has 0 fully saturated rings. The zero-order chi connectivity index (χ0) is 15.2. The van der Waals surface area contributed by atoms with Gasteiger partial charge in [-0.3, -0.25) is 0 Å². The Hall–Kier alpha value is -1.86. The molecule has 0 aliphatic carbocycles. The molecule has 2 rings (SSSR count). The molecule has 7 heteroatoms. The van der Waals surface area contributed by atoms with Gasteiger partial charge in [0.15, 0.2) is 5.82 Å². The van der Waals surface area contributed by atoms with Gasteiger partial charge in [0.05, 0.1) is 12.8 Å². The molecule has 0 aliphatic rings. The second kappa shape index (κ2) is 7.24. The maximum atomic E-state index is 5.80. The lowest BCUT2D eigenvalue weighted by Crippen LogP contribution is -2.05. The summed E-state index contributed by atoms with van der Waals surface area (Å²) in [6.45, 7) is 2.84. The predicted molar refractivity (Wildman–Crippen MR) is 85.8 cm³/mol. The Balaban J connectivity index is 2.26. The minimum atomic E-state index is 0.325. The van der Waals surface area contributed by atoms with Crippen molar-refractivity contribution in [2.24, 2.45) is 0 Å². The van der Waals surface area contributed by atoms with Crippen molar-refractivity contribution < 1.29 is 9.47 Å². The van der Waals surface area contributed by atoms with E-state index < -0.39 is 0 Å². The van der Waals surface area contributed by atoms with E-state index in [1.165, 1.54) is 0 Å². The molecule has 0 atom stereocenters. The van der Waals surface area contributed by atoms with E-state index in [-0.39, 0.29) is 0 Å². The number of hydrogen-bond acceptors (Lipinski definition) is 6. The Labute approximate surface area is 131 Å². The van der Waals surface area contributed by atoms with E-state index in [0.717, 1.165) is 10.2 Å². The Kier molecular flexibility index (Phi) is 5.35. The number of anilines is 3. The van der Waals surface area contributed by atoms with Gasteiger partial charge < -0.3 is 20.5 Å². The minimum absolute atomic E-state index is 0.325. The number of nitrogen functional groups attached to an aromatic ring is 1. The Morgan fingerprint density at radius 2 is 2.10 bits per heavy atom. The van der Waals surface area contributed by atoms with Gasteiger partial charge in [-0.25, -0.2) is 9.97 Å². The van der Waals surface area contributed by atoms with Crippen LogP contribution in [0.2, 0.25) is 0 Å². The summed E-state index contributed by atoms with van der Waals surface area (Å²) < 4.78 is 11.6. The van der Waals surface area contributed by atoms with Gasteiger partial charge in [-0.05, 0) is 25.1 Å². The van der Waals surface area contributed by atoms with Crippen molar-refractivity contribution in [3.8, 4) is 5.75 Å². The SMILES string of the molecule is CCOCc1nc(N)cc(Nc2cc(Br)ccc2OC)n1. The summed E-state index contributed by atoms with van der Waals surface area (Å²) in [6, 6.07) is 7.33. The van der Waals surface area contributed by atoms with Crippen LogP contribution >= 0.6 is 15.9 Å². The van der Waals surface area contributed by atoms with Crippen LogP contribution in [0.3, 0.4) is 0 Å². The normalized spacial score (nSPS) is 10.4. The lowest BCUT2D eigenvalue weighted by molar-refractivity contribution is 0.128. The van der Waals surface area contributed by atoms with E-state index in [0.29, 0.717) is 36.4 Å². The van der Waals surface area contributed by atoms with E-state index in [1.54, 1.807) is 13.2 Å². The van der Waals surface area contributed by atoms with Gasteiger partial charge in [0, 0.05) is 17.1 Å². The third-order valence-electron chi connectivity index (χ3n) is 2.65. The molecule has 0 saturated carbocycles. The van der Waals surface area contributed by atoms with Gasteiger partial charge in [0.25, 0.3) is 0 Å². The Morgan fingerprint density at radius 1 is 1.29 bits per heavy atom. The van der Waals surface area contributed by atoms with E-state index in [1.807, 2.05) is 25.1 Å². The fourth-order valence-corrected chi connectivity index (χ4v) is 2.12. The number of nitrogens with zero attached hydrogens (tertiary/aromatic N) is 2. The first-order valence-corrected chi connectivity index (χ1v) is 7.23. The molecule has 1 aromatic carbocycles. The van der Waals surface area contributed by atoms with E-state index in [4.69, 9.17) is 15.2 Å². The van der Waals surface area contributed by atoms with Crippen LogP contribution in [0.25, 0.3) is 0 Å². The first-order valence-electron chi connectivity index (χ1n) is 6.44. The van der Waals surface area contributed by atoms with Crippen LogP contribution in [0.4, 0.5) is 17.3 Å². The molecule has 6 nitrogen and oxygen atoms in total. The van der Waals surface area contributed by atoms with Gasteiger partial charge in [0.1, 0.15) is 24.0 Å². The number of hydrogen-bond donors (Lipinski definition) is 2. The van der Waals surface area contributed by atoms with E-state index >= 15 is 0 Å². The summed E-state index contributed by atoms with van der Waals surface area (Å²) in [7, 11) is 1.61. The zero-order valence-electron chi connectivity index (χ0n) is 11.9. The highest BCUT2D eigenvalue weighted by atomic mass is 79.9. The van der Waals surface area contributed by atoms with E-state index in [9.17, 15) is 0 Å². The van der Waals surface area contributed by atoms with Gasteiger partial charge in [-0.15, -0.1) is 0 Å².